The number of nitrogens with zero attached hydrogens (tertiary/aromatic N) is 4. The molecule has 10 nitrogen and oxygen atoms in total. The number of aliphatic hydroxyl groups excluding tert-OH is 2. The first kappa shape index (κ1) is 14.6. The molecule has 4 heterocycles. The Morgan fingerprint density at radius 2 is 2.30 bits per heavy atom. The molecular formula is C13H17N5O5. The van der Waals surface area contributed by atoms with E-state index in [1.165, 1.54) is 13.4 Å². The molecule has 10 heteroatoms. The van der Waals surface area contributed by atoms with Gasteiger partial charge in [0.15, 0.2) is 17.4 Å². The van der Waals surface area contributed by atoms with E-state index in [4.69, 9.17) is 19.9 Å². The normalized spacial score (nSPS) is 33.3. The third-order valence-corrected chi connectivity index (χ3v) is 4.47. The average molecular weight is 323 g/mol. The standard InChI is InChI=1S/C13H17N5O5/c1-21-10-7-9(16-12(14)17-10)18(5-15-7)11-13(2-3-22-13)8(20)6(4-19)23-11/h5-6,8,11,19-20H,2-4H2,1H3,(H2,14,16,17)/t6-,8-,11?,13-/m1/s1. The number of hydrogen-bond acceptors (Lipinski definition) is 9. The molecule has 124 valence electrons. The first-order chi connectivity index (χ1) is 11.1. The van der Waals surface area contributed by atoms with Gasteiger partial charge < -0.3 is 30.2 Å². The molecule has 0 bridgehead atoms. The van der Waals surface area contributed by atoms with E-state index >= 15 is 0 Å². The summed E-state index contributed by atoms with van der Waals surface area (Å²) in [4.78, 5) is 12.4. The maximum atomic E-state index is 10.4. The second-order valence-electron chi connectivity index (χ2n) is 5.62. The van der Waals surface area contributed by atoms with E-state index in [2.05, 4.69) is 15.0 Å². The number of anilines is 1. The van der Waals surface area contributed by atoms with Crippen LogP contribution < -0.4 is 10.5 Å². The number of hydrogen-bond donors (Lipinski definition) is 3. The van der Waals surface area contributed by atoms with E-state index in [0.29, 0.717) is 24.2 Å². The lowest BCUT2D eigenvalue weighted by molar-refractivity contribution is -0.225. The highest BCUT2D eigenvalue weighted by Crippen LogP contribution is 2.49. The number of aromatic nitrogens is 4. The molecule has 1 unspecified atom stereocenters. The molecule has 0 aliphatic carbocycles. The van der Waals surface area contributed by atoms with Gasteiger partial charge in [0.1, 0.15) is 17.8 Å². The number of nitrogens with two attached hydrogens (primary N) is 1. The number of ether oxygens (including phenoxy) is 3. The summed E-state index contributed by atoms with van der Waals surface area (Å²) in [6, 6.07) is 0. The van der Waals surface area contributed by atoms with Gasteiger partial charge in [0.2, 0.25) is 11.8 Å². The SMILES string of the molecule is COc1nc(N)nc2c1ncn2C1O[C@H](CO)[C@@H](O)[C@]12CCO2. The zero-order chi connectivity index (χ0) is 16.2. The van der Waals surface area contributed by atoms with Crippen molar-refractivity contribution in [1.29, 1.82) is 0 Å². The summed E-state index contributed by atoms with van der Waals surface area (Å²) in [6.07, 6.45) is -0.231. The predicted octanol–water partition coefficient (Wildman–Crippen LogP) is -1.17. The van der Waals surface area contributed by atoms with Crippen molar-refractivity contribution in [2.24, 2.45) is 0 Å². The van der Waals surface area contributed by atoms with Gasteiger partial charge in [-0.05, 0) is 0 Å². The van der Waals surface area contributed by atoms with Crippen molar-refractivity contribution >= 4 is 17.1 Å². The van der Waals surface area contributed by atoms with Crippen LogP contribution in [0.15, 0.2) is 6.33 Å². The van der Waals surface area contributed by atoms with Crippen LogP contribution in [-0.2, 0) is 9.47 Å². The number of aliphatic hydroxyl groups is 2. The highest BCUT2D eigenvalue weighted by atomic mass is 16.6. The maximum absolute atomic E-state index is 10.4. The topological polar surface area (TPSA) is 138 Å². The van der Waals surface area contributed by atoms with Crippen LogP contribution in [0.5, 0.6) is 5.88 Å². The number of imidazole rings is 1. The van der Waals surface area contributed by atoms with E-state index in [-0.39, 0.29) is 18.4 Å². The van der Waals surface area contributed by atoms with Crippen molar-refractivity contribution in [3.63, 3.8) is 0 Å². The summed E-state index contributed by atoms with van der Waals surface area (Å²) < 4.78 is 18.3. The minimum atomic E-state index is -0.940. The summed E-state index contributed by atoms with van der Waals surface area (Å²) in [7, 11) is 1.47. The summed E-state index contributed by atoms with van der Waals surface area (Å²) in [5, 5.41) is 19.8. The Labute approximate surface area is 130 Å². The fourth-order valence-electron chi connectivity index (χ4n) is 3.25. The van der Waals surface area contributed by atoms with Gasteiger partial charge in [-0.3, -0.25) is 4.57 Å². The highest BCUT2D eigenvalue weighted by molar-refractivity contribution is 5.77. The molecule has 0 amide bonds. The molecule has 4 atom stereocenters. The molecule has 23 heavy (non-hydrogen) atoms. The van der Waals surface area contributed by atoms with Crippen LogP contribution in [0.1, 0.15) is 12.6 Å². The molecule has 1 spiro atoms. The average Bonchev–Trinajstić information content (AvgIpc) is 3.04. The summed E-state index contributed by atoms with van der Waals surface area (Å²) in [6.45, 7) is 0.206. The van der Waals surface area contributed by atoms with Gasteiger partial charge >= 0.3 is 0 Å². The molecule has 2 aliphatic rings. The Balaban J connectivity index is 1.84. The molecular weight excluding hydrogens is 306 g/mol. The molecule has 4 N–H and O–H groups in total. The Bertz CT molecular complexity index is 746. The summed E-state index contributed by atoms with van der Waals surface area (Å²) in [5.74, 6) is 0.295. The highest BCUT2D eigenvalue weighted by Gasteiger charge is 2.61. The third-order valence-electron chi connectivity index (χ3n) is 4.47. The van der Waals surface area contributed by atoms with Crippen LogP contribution in [0.4, 0.5) is 5.95 Å². The smallest absolute Gasteiger partial charge is 0.246 e. The Hall–Kier alpha value is -2.01. The van der Waals surface area contributed by atoms with Crippen molar-refractivity contribution in [1.82, 2.24) is 19.5 Å². The van der Waals surface area contributed by atoms with Gasteiger partial charge in [-0.1, -0.05) is 0 Å². The Kier molecular flexibility index (Phi) is 3.17. The van der Waals surface area contributed by atoms with Crippen molar-refractivity contribution in [3.8, 4) is 5.88 Å². The lowest BCUT2D eigenvalue weighted by Crippen LogP contribution is -2.56. The summed E-state index contributed by atoms with van der Waals surface area (Å²) in [5.41, 5.74) is 5.64. The molecule has 4 rings (SSSR count). The van der Waals surface area contributed by atoms with Gasteiger partial charge in [-0.25, -0.2) is 4.98 Å². The molecule has 0 saturated carbocycles. The van der Waals surface area contributed by atoms with E-state index in [9.17, 15) is 10.2 Å². The maximum Gasteiger partial charge on any atom is 0.246 e. The zero-order valence-electron chi connectivity index (χ0n) is 12.4. The third kappa shape index (κ3) is 1.86. The monoisotopic (exact) mass is 323 g/mol. The number of rotatable bonds is 3. The number of fused-ring (bicyclic) bond motifs is 1. The van der Waals surface area contributed by atoms with Gasteiger partial charge in [0.05, 0.1) is 26.7 Å². The van der Waals surface area contributed by atoms with Crippen LogP contribution in [0.2, 0.25) is 0 Å². The first-order valence-corrected chi connectivity index (χ1v) is 7.23. The van der Waals surface area contributed by atoms with Crippen LogP contribution in [0, 0.1) is 0 Å². The van der Waals surface area contributed by atoms with Crippen LogP contribution >= 0.6 is 0 Å². The van der Waals surface area contributed by atoms with E-state index in [1.807, 2.05) is 0 Å². The van der Waals surface area contributed by atoms with Crippen LogP contribution in [0.25, 0.3) is 11.2 Å². The van der Waals surface area contributed by atoms with Gasteiger partial charge in [0, 0.05) is 6.42 Å². The van der Waals surface area contributed by atoms with Gasteiger partial charge in [-0.15, -0.1) is 0 Å². The lowest BCUT2D eigenvalue weighted by Gasteiger charge is -2.44. The molecule has 2 saturated heterocycles. The molecule has 2 fully saturated rings. The molecule has 0 radical (unpaired) electrons. The van der Waals surface area contributed by atoms with Crippen molar-refractivity contribution in [2.45, 2.75) is 30.5 Å². The van der Waals surface area contributed by atoms with Crippen molar-refractivity contribution in [2.75, 3.05) is 26.1 Å². The molecule has 2 aromatic rings. The minimum absolute atomic E-state index is 0.0388. The summed E-state index contributed by atoms with van der Waals surface area (Å²) >= 11 is 0. The fourth-order valence-corrected chi connectivity index (χ4v) is 3.25. The van der Waals surface area contributed by atoms with Gasteiger partial charge in [-0.2, -0.15) is 9.97 Å². The fraction of sp³-hybridized carbons (Fsp3) is 0.615. The lowest BCUT2D eigenvalue weighted by atomic mass is 9.86. The minimum Gasteiger partial charge on any atom is -0.479 e. The second kappa shape index (κ2) is 4.99. The Morgan fingerprint density at radius 1 is 1.52 bits per heavy atom. The Morgan fingerprint density at radius 3 is 2.91 bits per heavy atom. The molecule has 2 aliphatic heterocycles. The van der Waals surface area contributed by atoms with E-state index in [1.54, 1.807) is 4.57 Å². The zero-order valence-corrected chi connectivity index (χ0v) is 12.4. The first-order valence-electron chi connectivity index (χ1n) is 7.23. The van der Waals surface area contributed by atoms with Gasteiger partial charge in [0.25, 0.3) is 0 Å². The number of nitrogen functional groups attached to an aromatic ring is 1. The molecule has 2 aromatic heterocycles. The van der Waals surface area contributed by atoms with Crippen LogP contribution in [0.3, 0.4) is 0 Å². The van der Waals surface area contributed by atoms with Crippen molar-refractivity contribution < 1.29 is 24.4 Å². The van der Waals surface area contributed by atoms with Crippen LogP contribution in [-0.4, -0.2) is 67.9 Å². The van der Waals surface area contributed by atoms with E-state index < -0.39 is 24.0 Å². The quantitative estimate of drug-likeness (QED) is 0.637. The predicted molar refractivity (Wildman–Crippen MR) is 76.6 cm³/mol. The van der Waals surface area contributed by atoms with Crippen molar-refractivity contribution in [3.05, 3.63) is 6.33 Å². The van der Waals surface area contributed by atoms with E-state index in [0.717, 1.165) is 0 Å². The largest absolute Gasteiger partial charge is 0.479 e. The second-order valence-corrected chi connectivity index (χ2v) is 5.62. The number of methoxy groups -OCH3 is 1. The molecule has 0 aromatic carbocycles.